The molecule has 1 amide bonds. The average Bonchev–Trinajstić information content (AvgIpc) is 3.02. The molecule has 0 saturated carbocycles. The fraction of sp³-hybridized carbons (Fsp3) is 0.176. The highest BCUT2D eigenvalue weighted by molar-refractivity contribution is 7.85. The van der Waals surface area contributed by atoms with Gasteiger partial charge in [-0.2, -0.15) is 0 Å². The Morgan fingerprint density at radius 3 is 2.83 bits per heavy atom. The zero-order valence-electron chi connectivity index (χ0n) is 13.3. The van der Waals surface area contributed by atoms with E-state index in [-0.39, 0.29) is 5.95 Å². The van der Waals surface area contributed by atoms with Crippen LogP contribution in [-0.4, -0.2) is 27.4 Å². The molecule has 0 aliphatic heterocycles. The predicted octanol–water partition coefficient (Wildman–Crippen LogP) is 3.47. The fourth-order valence-corrected chi connectivity index (χ4v) is 3.74. The third-order valence-corrected chi connectivity index (χ3v) is 5.11. The summed E-state index contributed by atoms with van der Waals surface area (Å²) in [5, 5.41) is 2.48. The van der Waals surface area contributed by atoms with Gasteiger partial charge in [0, 0.05) is 9.79 Å². The third kappa shape index (κ3) is 3.16. The van der Waals surface area contributed by atoms with E-state index in [1.807, 2.05) is 31.2 Å². The monoisotopic (exact) mass is 343 g/mol. The molecule has 124 valence electrons. The number of H-pyrrole nitrogens is 1. The van der Waals surface area contributed by atoms with Gasteiger partial charge in [-0.3, -0.25) is 5.32 Å². The Balaban J connectivity index is 1.95. The molecule has 1 unspecified atom stereocenters. The number of imidazole rings is 1. The van der Waals surface area contributed by atoms with E-state index in [9.17, 15) is 9.00 Å². The zero-order valence-corrected chi connectivity index (χ0v) is 14.1. The van der Waals surface area contributed by atoms with Crippen LogP contribution in [0.4, 0.5) is 10.7 Å². The first-order valence-corrected chi connectivity index (χ1v) is 8.61. The van der Waals surface area contributed by atoms with Gasteiger partial charge in [0.25, 0.3) is 0 Å². The van der Waals surface area contributed by atoms with Crippen molar-refractivity contribution in [2.45, 2.75) is 23.1 Å². The van der Waals surface area contributed by atoms with Crippen LogP contribution in [0.25, 0.3) is 11.0 Å². The minimum Gasteiger partial charge on any atom is -0.453 e. The van der Waals surface area contributed by atoms with Gasteiger partial charge in [-0.1, -0.05) is 25.1 Å². The van der Waals surface area contributed by atoms with Crippen molar-refractivity contribution < 1.29 is 13.7 Å². The SMILES string of the molecule is CCc1ccccc1S(=O)c1ccc2nc(NC(=O)OC)[nH]c2c1. The Hall–Kier alpha value is -2.67. The number of fused-ring (bicyclic) bond motifs is 1. The highest BCUT2D eigenvalue weighted by Crippen LogP contribution is 2.24. The molecule has 7 heteroatoms. The molecule has 2 N–H and O–H groups in total. The van der Waals surface area contributed by atoms with E-state index in [1.54, 1.807) is 18.2 Å². The molecule has 0 bridgehead atoms. The maximum Gasteiger partial charge on any atom is 0.413 e. The largest absolute Gasteiger partial charge is 0.453 e. The van der Waals surface area contributed by atoms with Crippen LogP contribution >= 0.6 is 0 Å². The van der Waals surface area contributed by atoms with E-state index in [0.717, 1.165) is 16.9 Å². The lowest BCUT2D eigenvalue weighted by Crippen LogP contribution is -2.11. The standard InChI is InChI=1S/C17H17N3O3S/c1-3-11-6-4-5-7-15(11)24(22)12-8-9-13-14(10-12)19-16(18-13)20-17(21)23-2/h4-10H,3H2,1-2H3,(H2,18,19,20,21). The van der Waals surface area contributed by atoms with Crippen molar-refractivity contribution in [3.63, 3.8) is 0 Å². The van der Waals surface area contributed by atoms with Crippen molar-refractivity contribution in [2.24, 2.45) is 0 Å². The molecule has 24 heavy (non-hydrogen) atoms. The molecule has 0 aliphatic rings. The number of anilines is 1. The highest BCUT2D eigenvalue weighted by Gasteiger charge is 2.13. The fourth-order valence-electron chi connectivity index (χ4n) is 2.41. The number of amides is 1. The van der Waals surface area contributed by atoms with Crippen LogP contribution < -0.4 is 5.32 Å². The van der Waals surface area contributed by atoms with E-state index >= 15 is 0 Å². The van der Waals surface area contributed by atoms with Gasteiger partial charge < -0.3 is 9.72 Å². The van der Waals surface area contributed by atoms with Crippen molar-refractivity contribution in [1.29, 1.82) is 0 Å². The van der Waals surface area contributed by atoms with Crippen molar-refractivity contribution in [3.05, 3.63) is 48.0 Å². The number of rotatable bonds is 4. The number of carbonyl (C=O) groups is 1. The van der Waals surface area contributed by atoms with Gasteiger partial charge in [-0.15, -0.1) is 0 Å². The Bertz CT molecular complexity index is 920. The number of aromatic amines is 1. The van der Waals surface area contributed by atoms with Gasteiger partial charge >= 0.3 is 6.09 Å². The lowest BCUT2D eigenvalue weighted by molar-refractivity contribution is 0.186. The first-order valence-electron chi connectivity index (χ1n) is 7.46. The second-order valence-corrected chi connectivity index (χ2v) is 6.56. The first-order chi connectivity index (χ1) is 11.6. The zero-order chi connectivity index (χ0) is 17.1. The number of ether oxygens (including phenoxy) is 1. The first kappa shape index (κ1) is 16.2. The molecule has 0 saturated heterocycles. The van der Waals surface area contributed by atoms with Crippen molar-refractivity contribution in [2.75, 3.05) is 12.4 Å². The summed E-state index contributed by atoms with van der Waals surface area (Å²) in [6.45, 7) is 2.04. The normalized spacial score (nSPS) is 12.1. The summed E-state index contributed by atoms with van der Waals surface area (Å²) in [5.74, 6) is 0.286. The van der Waals surface area contributed by atoms with Crippen LogP contribution in [0.5, 0.6) is 0 Å². The average molecular weight is 343 g/mol. The molecular weight excluding hydrogens is 326 g/mol. The van der Waals surface area contributed by atoms with E-state index in [0.29, 0.717) is 15.9 Å². The van der Waals surface area contributed by atoms with Gasteiger partial charge in [0.15, 0.2) is 0 Å². The minimum atomic E-state index is -1.28. The van der Waals surface area contributed by atoms with Gasteiger partial charge in [0.05, 0.1) is 28.9 Å². The molecule has 0 aliphatic carbocycles. The summed E-state index contributed by atoms with van der Waals surface area (Å²) in [4.78, 5) is 20.0. The summed E-state index contributed by atoms with van der Waals surface area (Å²) in [6, 6.07) is 13.1. The van der Waals surface area contributed by atoms with Crippen molar-refractivity contribution in [3.8, 4) is 0 Å². The van der Waals surface area contributed by atoms with Crippen LogP contribution in [0.3, 0.4) is 0 Å². The number of aryl methyl sites for hydroxylation is 1. The van der Waals surface area contributed by atoms with Crippen LogP contribution in [0.15, 0.2) is 52.3 Å². The number of hydrogen-bond acceptors (Lipinski definition) is 4. The summed E-state index contributed by atoms with van der Waals surface area (Å²) < 4.78 is 17.4. The Kier molecular flexibility index (Phi) is 4.61. The molecule has 0 radical (unpaired) electrons. The number of benzene rings is 2. The molecule has 2 aromatic carbocycles. The highest BCUT2D eigenvalue weighted by atomic mass is 32.2. The molecule has 0 spiro atoms. The maximum atomic E-state index is 12.9. The van der Waals surface area contributed by atoms with Crippen LogP contribution in [-0.2, 0) is 22.0 Å². The third-order valence-electron chi connectivity index (χ3n) is 3.63. The number of methoxy groups -OCH3 is 1. The second-order valence-electron chi connectivity index (χ2n) is 5.11. The number of aromatic nitrogens is 2. The quantitative estimate of drug-likeness (QED) is 0.760. The van der Waals surface area contributed by atoms with Crippen LogP contribution in [0.2, 0.25) is 0 Å². The minimum absolute atomic E-state index is 0.286. The molecule has 1 atom stereocenters. The Morgan fingerprint density at radius 1 is 1.29 bits per heavy atom. The topological polar surface area (TPSA) is 84.1 Å². The van der Waals surface area contributed by atoms with E-state index in [2.05, 4.69) is 20.0 Å². The Morgan fingerprint density at radius 2 is 2.08 bits per heavy atom. The molecule has 1 aromatic heterocycles. The van der Waals surface area contributed by atoms with Crippen molar-refractivity contribution in [1.82, 2.24) is 9.97 Å². The van der Waals surface area contributed by atoms with Gasteiger partial charge in [0.1, 0.15) is 0 Å². The number of carbonyl (C=O) groups excluding carboxylic acids is 1. The van der Waals surface area contributed by atoms with Gasteiger partial charge in [-0.05, 0) is 36.2 Å². The second kappa shape index (κ2) is 6.84. The predicted molar refractivity (Wildman–Crippen MR) is 92.6 cm³/mol. The van der Waals surface area contributed by atoms with E-state index < -0.39 is 16.9 Å². The molecule has 1 heterocycles. The summed E-state index contributed by atoms with van der Waals surface area (Å²) in [6.07, 6.45) is 0.219. The van der Waals surface area contributed by atoms with Crippen LogP contribution in [0, 0.1) is 0 Å². The molecule has 3 aromatic rings. The molecule has 6 nitrogen and oxygen atoms in total. The van der Waals surface area contributed by atoms with Gasteiger partial charge in [-0.25, -0.2) is 14.0 Å². The smallest absolute Gasteiger partial charge is 0.413 e. The molecular formula is C17H17N3O3S. The van der Waals surface area contributed by atoms with E-state index in [4.69, 9.17) is 0 Å². The summed E-state index contributed by atoms with van der Waals surface area (Å²) in [7, 11) is 0.00501. The Labute approximate surface area is 141 Å². The summed E-state index contributed by atoms with van der Waals surface area (Å²) >= 11 is 0. The van der Waals surface area contributed by atoms with Crippen LogP contribution in [0.1, 0.15) is 12.5 Å². The summed E-state index contributed by atoms with van der Waals surface area (Å²) in [5.41, 5.74) is 2.43. The number of hydrogen-bond donors (Lipinski definition) is 2. The van der Waals surface area contributed by atoms with Crippen molar-refractivity contribution >= 4 is 33.9 Å². The number of nitrogens with one attached hydrogen (secondary N) is 2. The van der Waals surface area contributed by atoms with E-state index in [1.165, 1.54) is 7.11 Å². The molecule has 3 rings (SSSR count). The lowest BCUT2D eigenvalue weighted by atomic mass is 10.2. The molecule has 0 fully saturated rings. The number of nitrogens with zero attached hydrogens (tertiary/aromatic N) is 1. The lowest BCUT2D eigenvalue weighted by Gasteiger charge is -2.07. The maximum absolute atomic E-state index is 12.9. The van der Waals surface area contributed by atoms with Gasteiger partial charge in [0.2, 0.25) is 5.95 Å².